The smallest absolute Gasteiger partial charge is 0.122 e. The molecule has 2 N–H and O–H groups in total. The summed E-state index contributed by atoms with van der Waals surface area (Å²) in [5, 5.41) is 15.8. The molecule has 1 aliphatic heterocycles. The van der Waals surface area contributed by atoms with Crippen molar-refractivity contribution in [2.24, 2.45) is 0 Å². The second kappa shape index (κ2) is 6.08. The quantitative estimate of drug-likeness (QED) is 0.904. The molecule has 0 radical (unpaired) electrons. The van der Waals surface area contributed by atoms with Crippen LogP contribution in [-0.2, 0) is 13.0 Å². The largest absolute Gasteiger partial charge is 0.508 e. The summed E-state index contributed by atoms with van der Waals surface area (Å²) in [7, 11) is 0. The van der Waals surface area contributed by atoms with Gasteiger partial charge in [0.25, 0.3) is 0 Å². The normalized spacial score (nSPS) is 15.8. The van der Waals surface area contributed by atoms with Crippen molar-refractivity contribution in [3.63, 3.8) is 0 Å². The Balaban J connectivity index is 1.80. The zero-order valence-electron chi connectivity index (χ0n) is 12.6. The SMILES string of the molecule is CCNC(C)c1ccc(N2CCc3sccc3C2)cc1O. The predicted octanol–water partition coefficient (Wildman–Crippen LogP) is 3.69. The molecule has 2 heterocycles. The number of phenols is 1. The number of hydrogen-bond acceptors (Lipinski definition) is 4. The van der Waals surface area contributed by atoms with E-state index < -0.39 is 0 Å². The molecule has 1 unspecified atom stereocenters. The third-order valence-corrected chi connectivity index (χ3v) is 5.19. The van der Waals surface area contributed by atoms with Gasteiger partial charge in [0.15, 0.2) is 0 Å². The second-order valence-corrected chi connectivity index (χ2v) is 6.56. The highest BCUT2D eigenvalue weighted by atomic mass is 32.1. The Hall–Kier alpha value is -1.52. The first-order valence-corrected chi connectivity index (χ1v) is 8.43. The van der Waals surface area contributed by atoms with E-state index in [1.807, 2.05) is 23.5 Å². The van der Waals surface area contributed by atoms with Gasteiger partial charge in [0.1, 0.15) is 5.75 Å². The van der Waals surface area contributed by atoms with E-state index in [1.54, 1.807) is 0 Å². The highest BCUT2D eigenvalue weighted by molar-refractivity contribution is 7.10. The molecule has 1 atom stereocenters. The van der Waals surface area contributed by atoms with Gasteiger partial charge in [-0.2, -0.15) is 0 Å². The summed E-state index contributed by atoms with van der Waals surface area (Å²) in [5.74, 6) is 0.386. The van der Waals surface area contributed by atoms with Crippen LogP contribution in [0.1, 0.15) is 35.9 Å². The Morgan fingerprint density at radius 2 is 2.24 bits per heavy atom. The van der Waals surface area contributed by atoms with Gasteiger partial charge in [0.05, 0.1) is 0 Å². The van der Waals surface area contributed by atoms with E-state index in [0.29, 0.717) is 5.75 Å². The molecule has 0 spiro atoms. The molecule has 3 rings (SSSR count). The van der Waals surface area contributed by atoms with E-state index in [0.717, 1.165) is 37.3 Å². The van der Waals surface area contributed by atoms with Crippen LogP contribution in [0.5, 0.6) is 5.75 Å². The van der Waals surface area contributed by atoms with Crippen molar-refractivity contribution in [2.75, 3.05) is 18.0 Å². The molecule has 0 saturated carbocycles. The molecule has 0 fully saturated rings. The number of nitrogens with one attached hydrogen (secondary N) is 1. The molecule has 1 aliphatic rings. The maximum Gasteiger partial charge on any atom is 0.122 e. The van der Waals surface area contributed by atoms with E-state index in [-0.39, 0.29) is 6.04 Å². The minimum absolute atomic E-state index is 0.175. The molecule has 0 saturated heterocycles. The van der Waals surface area contributed by atoms with Crippen LogP contribution in [0.2, 0.25) is 0 Å². The van der Waals surface area contributed by atoms with Gasteiger partial charge in [-0.25, -0.2) is 0 Å². The summed E-state index contributed by atoms with van der Waals surface area (Å²) in [5.41, 5.74) is 3.50. The zero-order chi connectivity index (χ0) is 14.8. The van der Waals surface area contributed by atoms with Gasteiger partial charge in [-0.05, 0) is 43.0 Å². The Morgan fingerprint density at radius 3 is 3.00 bits per heavy atom. The summed E-state index contributed by atoms with van der Waals surface area (Å²) < 4.78 is 0. The van der Waals surface area contributed by atoms with E-state index in [1.165, 1.54) is 10.4 Å². The maximum absolute atomic E-state index is 10.3. The Labute approximate surface area is 130 Å². The first-order valence-electron chi connectivity index (χ1n) is 7.55. The molecule has 4 heteroatoms. The first-order chi connectivity index (χ1) is 10.2. The second-order valence-electron chi connectivity index (χ2n) is 5.56. The number of fused-ring (bicyclic) bond motifs is 1. The fourth-order valence-electron chi connectivity index (χ4n) is 2.98. The lowest BCUT2D eigenvalue weighted by molar-refractivity contribution is 0.454. The molecular weight excluding hydrogens is 280 g/mol. The van der Waals surface area contributed by atoms with E-state index >= 15 is 0 Å². The summed E-state index contributed by atoms with van der Waals surface area (Å²) in [6.07, 6.45) is 1.10. The van der Waals surface area contributed by atoms with Crippen LogP contribution in [0.4, 0.5) is 5.69 Å². The lowest BCUT2D eigenvalue weighted by Crippen LogP contribution is -2.29. The number of anilines is 1. The minimum Gasteiger partial charge on any atom is -0.508 e. The summed E-state index contributed by atoms with van der Waals surface area (Å²) >= 11 is 1.85. The van der Waals surface area contributed by atoms with Crippen LogP contribution in [0.3, 0.4) is 0 Å². The Morgan fingerprint density at radius 1 is 1.38 bits per heavy atom. The Bertz CT molecular complexity index is 623. The van der Waals surface area contributed by atoms with Gasteiger partial charge in [-0.1, -0.05) is 13.0 Å². The molecule has 0 bridgehead atoms. The summed E-state index contributed by atoms with van der Waals surface area (Å²) in [4.78, 5) is 3.85. The van der Waals surface area contributed by atoms with Crippen LogP contribution in [0, 0.1) is 0 Å². The van der Waals surface area contributed by atoms with Crippen LogP contribution >= 0.6 is 11.3 Å². The molecule has 112 valence electrons. The van der Waals surface area contributed by atoms with Gasteiger partial charge in [-0.3, -0.25) is 0 Å². The third-order valence-electron chi connectivity index (χ3n) is 4.16. The van der Waals surface area contributed by atoms with Gasteiger partial charge in [0.2, 0.25) is 0 Å². The minimum atomic E-state index is 0.175. The zero-order valence-corrected chi connectivity index (χ0v) is 13.4. The average molecular weight is 302 g/mol. The van der Waals surface area contributed by atoms with Gasteiger partial charge in [-0.15, -0.1) is 11.3 Å². The van der Waals surface area contributed by atoms with Crippen LogP contribution in [0.15, 0.2) is 29.6 Å². The van der Waals surface area contributed by atoms with E-state index in [9.17, 15) is 5.11 Å². The number of aromatic hydroxyl groups is 1. The number of rotatable bonds is 4. The molecule has 21 heavy (non-hydrogen) atoms. The highest BCUT2D eigenvalue weighted by Crippen LogP contribution is 2.32. The molecule has 1 aromatic heterocycles. The van der Waals surface area contributed by atoms with Crippen LogP contribution in [0.25, 0.3) is 0 Å². The van der Waals surface area contributed by atoms with Crippen molar-refractivity contribution in [1.82, 2.24) is 5.32 Å². The van der Waals surface area contributed by atoms with Crippen LogP contribution in [-0.4, -0.2) is 18.2 Å². The van der Waals surface area contributed by atoms with Crippen LogP contribution < -0.4 is 10.2 Å². The van der Waals surface area contributed by atoms with Gasteiger partial charge >= 0.3 is 0 Å². The van der Waals surface area contributed by atoms with Gasteiger partial charge < -0.3 is 15.3 Å². The molecule has 2 aromatic rings. The number of hydrogen-bond donors (Lipinski definition) is 2. The number of thiophene rings is 1. The Kier molecular flexibility index (Phi) is 4.17. The number of benzene rings is 1. The van der Waals surface area contributed by atoms with Crippen molar-refractivity contribution in [3.8, 4) is 5.75 Å². The lowest BCUT2D eigenvalue weighted by Gasteiger charge is -2.29. The van der Waals surface area contributed by atoms with Crippen molar-refractivity contribution < 1.29 is 5.11 Å². The maximum atomic E-state index is 10.3. The predicted molar refractivity (Wildman–Crippen MR) is 89.3 cm³/mol. The number of nitrogens with zero attached hydrogens (tertiary/aromatic N) is 1. The molecule has 0 amide bonds. The van der Waals surface area contributed by atoms with Crippen molar-refractivity contribution in [3.05, 3.63) is 45.6 Å². The fraction of sp³-hybridized carbons (Fsp3) is 0.412. The monoisotopic (exact) mass is 302 g/mol. The molecule has 0 aliphatic carbocycles. The standard InChI is InChI=1S/C17H22N2OS/c1-3-18-12(2)15-5-4-14(10-16(15)20)19-8-6-17-13(11-19)7-9-21-17/h4-5,7,9-10,12,18,20H,3,6,8,11H2,1-2H3. The van der Waals surface area contributed by atoms with Crippen molar-refractivity contribution >= 4 is 17.0 Å². The fourth-order valence-corrected chi connectivity index (χ4v) is 3.87. The van der Waals surface area contributed by atoms with Crippen molar-refractivity contribution in [2.45, 2.75) is 32.9 Å². The first kappa shape index (κ1) is 14.4. The summed E-state index contributed by atoms with van der Waals surface area (Å²) in [6, 6.07) is 8.46. The van der Waals surface area contributed by atoms with Gasteiger partial charge in [0, 0.05) is 41.3 Å². The topological polar surface area (TPSA) is 35.5 Å². The van der Waals surface area contributed by atoms with E-state index in [4.69, 9.17) is 0 Å². The van der Waals surface area contributed by atoms with E-state index in [2.05, 4.69) is 41.6 Å². The number of phenolic OH excluding ortho intramolecular Hbond substituents is 1. The van der Waals surface area contributed by atoms with Crippen molar-refractivity contribution in [1.29, 1.82) is 0 Å². The summed E-state index contributed by atoms with van der Waals surface area (Å²) in [6.45, 7) is 7.02. The lowest BCUT2D eigenvalue weighted by atomic mass is 10.0. The third kappa shape index (κ3) is 2.92. The average Bonchev–Trinajstić information content (AvgIpc) is 2.94. The highest BCUT2D eigenvalue weighted by Gasteiger charge is 2.19. The molecule has 3 nitrogen and oxygen atoms in total. The molecule has 1 aromatic carbocycles. The molecular formula is C17H22N2OS.